The minimum Gasteiger partial charge on any atom is -0.381 e. The number of aromatic nitrogens is 1. The Morgan fingerprint density at radius 2 is 2.06 bits per heavy atom. The molecule has 3 heterocycles. The molecule has 0 saturated carbocycles. The number of hydrogen-bond donors (Lipinski definition) is 1. The van der Waals surface area contributed by atoms with Gasteiger partial charge in [-0.1, -0.05) is 31.6 Å². The van der Waals surface area contributed by atoms with Crippen molar-refractivity contribution in [2.75, 3.05) is 32.8 Å². The molecular formula is C27H39N3O2S. The molecule has 1 atom stereocenters. The Kier molecular flexibility index (Phi) is 8.93. The van der Waals surface area contributed by atoms with Crippen molar-refractivity contribution in [3.8, 4) is 0 Å². The molecule has 1 N–H and O–H groups in total. The second-order valence-corrected chi connectivity index (χ2v) is 10.8. The lowest BCUT2D eigenvalue weighted by molar-refractivity contribution is -0.122. The van der Waals surface area contributed by atoms with Crippen LogP contribution in [0.5, 0.6) is 0 Å². The minimum atomic E-state index is 0.130. The van der Waals surface area contributed by atoms with E-state index in [4.69, 9.17) is 9.72 Å². The molecule has 0 aliphatic carbocycles. The van der Waals surface area contributed by atoms with E-state index in [1.807, 2.05) is 0 Å². The molecule has 2 aliphatic rings. The highest BCUT2D eigenvalue weighted by molar-refractivity contribution is 7.18. The number of carbonyl (C=O) groups is 1. The summed E-state index contributed by atoms with van der Waals surface area (Å²) in [5, 5.41) is 4.43. The number of benzene rings is 1. The van der Waals surface area contributed by atoms with Gasteiger partial charge < -0.3 is 10.1 Å². The van der Waals surface area contributed by atoms with Crippen molar-refractivity contribution < 1.29 is 9.53 Å². The second kappa shape index (κ2) is 12.1. The number of piperidine rings is 1. The molecule has 4 rings (SSSR count). The summed E-state index contributed by atoms with van der Waals surface area (Å²) in [5.41, 5.74) is 3.62. The van der Waals surface area contributed by atoms with E-state index in [1.54, 1.807) is 11.3 Å². The molecule has 0 spiro atoms. The molecule has 180 valence electrons. The molecule has 0 radical (unpaired) electrons. The van der Waals surface area contributed by atoms with Gasteiger partial charge in [-0.25, -0.2) is 4.98 Å². The van der Waals surface area contributed by atoms with Gasteiger partial charge in [-0.15, -0.1) is 11.3 Å². The molecule has 2 fully saturated rings. The number of fused-ring (bicyclic) bond motifs is 1. The summed E-state index contributed by atoms with van der Waals surface area (Å²) in [5.74, 6) is 0.599. The third-order valence-corrected chi connectivity index (χ3v) is 8.14. The molecule has 1 amide bonds. The fourth-order valence-corrected chi connectivity index (χ4v) is 6.14. The highest BCUT2D eigenvalue weighted by Gasteiger charge is 2.26. The van der Waals surface area contributed by atoms with Gasteiger partial charge in [0.05, 0.1) is 15.2 Å². The monoisotopic (exact) mass is 469 g/mol. The van der Waals surface area contributed by atoms with E-state index in [2.05, 4.69) is 41.9 Å². The van der Waals surface area contributed by atoms with Crippen LogP contribution in [0.25, 0.3) is 10.2 Å². The molecule has 2 saturated heterocycles. The lowest BCUT2D eigenvalue weighted by Gasteiger charge is -2.33. The maximum absolute atomic E-state index is 13.0. The van der Waals surface area contributed by atoms with Crippen LogP contribution in [0.3, 0.4) is 0 Å². The third kappa shape index (κ3) is 7.11. The Morgan fingerprint density at radius 3 is 2.82 bits per heavy atom. The van der Waals surface area contributed by atoms with Gasteiger partial charge in [0.1, 0.15) is 0 Å². The van der Waals surface area contributed by atoms with Gasteiger partial charge in [0.15, 0.2) is 0 Å². The summed E-state index contributed by atoms with van der Waals surface area (Å²) in [4.78, 5) is 20.2. The number of likely N-dealkylation sites (tertiary alicyclic amines) is 1. The van der Waals surface area contributed by atoms with Crippen LogP contribution >= 0.6 is 11.3 Å². The Labute approximate surface area is 202 Å². The number of thiazole rings is 1. The third-order valence-electron chi connectivity index (χ3n) is 7.06. The highest BCUT2D eigenvalue weighted by atomic mass is 32.1. The molecule has 2 aliphatic heterocycles. The van der Waals surface area contributed by atoms with E-state index in [0.717, 1.165) is 56.0 Å². The number of aryl methyl sites for hydroxylation is 2. The van der Waals surface area contributed by atoms with Crippen LogP contribution < -0.4 is 5.32 Å². The summed E-state index contributed by atoms with van der Waals surface area (Å²) >= 11 is 1.72. The fraction of sp³-hybridized carbons (Fsp3) is 0.630. The zero-order valence-corrected chi connectivity index (χ0v) is 20.9. The number of ether oxygens (including phenoxy) is 1. The van der Waals surface area contributed by atoms with Gasteiger partial charge in [-0.05, 0) is 75.2 Å². The van der Waals surface area contributed by atoms with Crippen molar-refractivity contribution in [3.05, 3.63) is 40.9 Å². The van der Waals surface area contributed by atoms with E-state index in [0.29, 0.717) is 18.8 Å². The number of carbonyl (C=O) groups excluding carboxylic acids is 1. The molecule has 5 nitrogen and oxygen atoms in total. The van der Waals surface area contributed by atoms with Crippen molar-refractivity contribution in [2.45, 2.75) is 70.8 Å². The average molecular weight is 470 g/mol. The minimum absolute atomic E-state index is 0.130. The van der Waals surface area contributed by atoms with Gasteiger partial charge in [0.25, 0.3) is 0 Å². The standard InChI is InChI=1S/C27H39N3O2S/c1-3-21-7-8-23-25(18-21)33-27(29-23)10-9-26(31)28-24(22-11-15-32-16-12-22)17-20(2)19-30-13-5-4-6-14-30/h7-8,18,22,24H,2-6,9-17,19H2,1H3,(H,28,31). The van der Waals surface area contributed by atoms with E-state index < -0.39 is 0 Å². The van der Waals surface area contributed by atoms with Crippen molar-refractivity contribution in [1.29, 1.82) is 0 Å². The summed E-state index contributed by atoms with van der Waals surface area (Å²) in [6.07, 6.45) is 9.03. The van der Waals surface area contributed by atoms with Crippen LogP contribution in [0.4, 0.5) is 0 Å². The molecular weight excluding hydrogens is 430 g/mol. The first-order valence-electron chi connectivity index (χ1n) is 12.7. The van der Waals surface area contributed by atoms with Crippen molar-refractivity contribution in [1.82, 2.24) is 15.2 Å². The van der Waals surface area contributed by atoms with Crippen LogP contribution in [-0.2, 0) is 22.4 Å². The summed E-state index contributed by atoms with van der Waals surface area (Å²) in [7, 11) is 0. The average Bonchev–Trinajstić information content (AvgIpc) is 3.25. The Hall–Kier alpha value is -1.76. The van der Waals surface area contributed by atoms with E-state index in [1.165, 1.54) is 48.2 Å². The van der Waals surface area contributed by atoms with Crippen molar-refractivity contribution in [3.63, 3.8) is 0 Å². The number of rotatable bonds is 10. The normalized spacial score (nSPS) is 18.9. The zero-order chi connectivity index (χ0) is 23.0. The lowest BCUT2D eigenvalue weighted by atomic mass is 9.87. The first-order valence-corrected chi connectivity index (χ1v) is 13.6. The second-order valence-electron chi connectivity index (χ2n) is 9.68. The fourth-order valence-electron chi connectivity index (χ4n) is 5.11. The van der Waals surface area contributed by atoms with Gasteiger partial charge in [0, 0.05) is 38.6 Å². The summed E-state index contributed by atoms with van der Waals surface area (Å²) in [6.45, 7) is 11.5. The predicted molar refractivity (Wildman–Crippen MR) is 137 cm³/mol. The largest absolute Gasteiger partial charge is 0.381 e. The van der Waals surface area contributed by atoms with Gasteiger partial charge >= 0.3 is 0 Å². The van der Waals surface area contributed by atoms with Gasteiger partial charge in [-0.2, -0.15) is 0 Å². The Bertz CT molecular complexity index is 929. The van der Waals surface area contributed by atoms with E-state index in [-0.39, 0.29) is 11.9 Å². The first kappa shape index (κ1) is 24.4. The quantitative estimate of drug-likeness (QED) is 0.490. The molecule has 33 heavy (non-hydrogen) atoms. The van der Waals surface area contributed by atoms with Crippen LogP contribution in [0.1, 0.15) is 62.4 Å². The molecule has 1 aromatic heterocycles. The summed E-state index contributed by atoms with van der Waals surface area (Å²) in [6, 6.07) is 6.63. The Balaban J connectivity index is 1.32. The number of hydrogen-bond acceptors (Lipinski definition) is 5. The molecule has 6 heteroatoms. The van der Waals surface area contributed by atoms with Crippen LogP contribution in [-0.4, -0.2) is 54.7 Å². The van der Waals surface area contributed by atoms with E-state index in [9.17, 15) is 4.79 Å². The molecule has 1 unspecified atom stereocenters. The smallest absolute Gasteiger partial charge is 0.220 e. The van der Waals surface area contributed by atoms with Gasteiger partial charge in [0.2, 0.25) is 5.91 Å². The molecule has 2 aromatic rings. The molecule has 0 bridgehead atoms. The number of amides is 1. The van der Waals surface area contributed by atoms with Gasteiger partial charge in [-0.3, -0.25) is 9.69 Å². The first-order chi connectivity index (χ1) is 16.1. The van der Waals surface area contributed by atoms with Crippen LogP contribution in [0, 0.1) is 5.92 Å². The summed E-state index contributed by atoms with van der Waals surface area (Å²) < 4.78 is 6.80. The highest BCUT2D eigenvalue weighted by Crippen LogP contribution is 2.26. The van der Waals surface area contributed by atoms with Crippen LogP contribution in [0.15, 0.2) is 30.4 Å². The van der Waals surface area contributed by atoms with Crippen LogP contribution in [0.2, 0.25) is 0 Å². The maximum Gasteiger partial charge on any atom is 0.220 e. The number of nitrogens with one attached hydrogen (secondary N) is 1. The van der Waals surface area contributed by atoms with Crippen molar-refractivity contribution >= 4 is 27.5 Å². The zero-order valence-electron chi connectivity index (χ0n) is 20.1. The Morgan fingerprint density at radius 1 is 1.27 bits per heavy atom. The van der Waals surface area contributed by atoms with E-state index >= 15 is 0 Å². The number of nitrogens with zero attached hydrogens (tertiary/aromatic N) is 2. The SMILES string of the molecule is C=C(CC(NC(=O)CCc1nc2ccc(CC)cc2s1)C1CCOCC1)CN1CCCCC1. The van der Waals surface area contributed by atoms with Crippen molar-refractivity contribution in [2.24, 2.45) is 5.92 Å². The topological polar surface area (TPSA) is 54.5 Å². The molecule has 1 aromatic carbocycles. The maximum atomic E-state index is 13.0. The lowest BCUT2D eigenvalue weighted by Crippen LogP contribution is -2.43. The predicted octanol–water partition coefficient (Wildman–Crippen LogP) is 5.13.